The van der Waals surface area contributed by atoms with E-state index in [0.29, 0.717) is 10.7 Å². The van der Waals surface area contributed by atoms with Gasteiger partial charge in [-0.25, -0.2) is 8.42 Å². The summed E-state index contributed by atoms with van der Waals surface area (Å²) in [5, 5.41) is 3.44. The maximum atomic E-state index is 14.5. The van der Waals surface area contributed by atoms with Crippen LogP contribution in [0.2, 0.25) is 5.02 Å². The average Bonchev–Trinajstić information content (AvgIpc) is 2.98. The van der Waals surface area contributed by atoms with Crippen molar-refractivity contribution in [2.75, 3.05) is 10.8 Å². The summed E-state index contributed by atoms with van der Waals surface area (Å²) in [5.74, 6) is -0.839. The largest absolute Gasteiger partial charge is 0.350 e. The fraction of sp³-hybridized carbons (Fsp3) is 0.278. The molecule has 4 aromatic carbocycles. The number of carbonyl (C=O) groups is 2. The third kappa shape index (κ3) is 9.19. The van der Waals surface area contributed by atoms with Crippen molar-refractivity contribution in [2.45, 2.75) is 64.1 Å². The number of amides is 2. The molecule has 0 heterocycles. The lowest BCUT2D eigenvalue weighted by atomic mass is 10.0. The maximum absolute atomic E-state index is 14.5. The molecule has 0 fully saturated rings. The van der Waals surface area contributed by atoms with Crippen LogP contribution in [0.3, 0.4) is 0 Å². The number of hydrogen-bond acceptors (Lipinski definition) is 4. The fourth-order valence-corrected chi connectivity index (χ4v) is 6.47. The van der Waals surface area contributed by atoms with Crippen molar-refractivity contribution in [1.82, 2.24) is 10.2 Å². The van der Waals surface area contributed by atoms with Gasteiger partial charge in [-0.3, -0.25) is 13.9 Å². The van der Waals surface area contributed by atoms with E-state index in [-0.39, 0.29) is 23.8 Å². The molecule has 2 amide bonds. The summed E-state index contributed by atoms with van der Waals surface area (Å²) in [6, 6.07) is 29.1. The number of aryl methyl sites for hydroxylation is 2. The van der Waals surface area contributed by atoms with Gasteiger partial charge in [-0.15, -0.1) is 0 Å². The van der Waals surface area contributed by atoms with Gasteiger partial charge in [0.25, 0.3) is 10.0 Å². The Morgan fingerprint density at radius 3 is 2.04 bits per heavy atom. The number of hydrogen-bond donors (Lipinski definition) is 1. The van der Waals surface area contributed by atoms with Gasteiger partial charge >= 0.3 is 0 Å². The molecule has 0 aliphatic heterocycles. The van der Waals surface area contributed by atoms with E-state index < -0.39 is 34.1 Å². The SMILES string of the molecule is Cc1ccc(CN(C(=O)CN(c2cccc(C)c2)S(=O)(=O)c2ccc(Cl)cc2)[C@@H](Cc2ccccc2)C(=O)NC(C)(C)C)cc1. The van der Waals surface area contributed by atoms with E-state index in [1.165, 1.54) is 29.2 Å². The zero-order valence-corrected chi connectivity index (χ0v) is 27.9. The first-order valence-electron chi connectivity index (χ1n) is 14.8. The Kier molecular flexibility index (Phi) is 10.7. The van der Waals surface area contributed by atoms with Crippen molar-refractivity contribution in [2.24, 2.45) is 0 Å². The number of rotatable bonds is 11. The normalized spacial score (nSPS) is 12.3. The van der Waals surface area contributed by atoms with Crippen LogP contribution in [0, 0.1) is 13.8 Å². The molecule has 4 aromatic rings. The van der Waals surface area contributed by atoms with E-state index >= 15 is 0 Å². The van der Waals surface area contributed by atoms with E-state index in [4.69, 9.17) is 11.6 Å². The van der Waals surface area contributed by atoms with Gasteiger partial charge < -0.3 is 10.2 Å². The summed E-state index contributed by atoms with van der Waals surface area (Å²) in [4.78, 5) is 30.0. The minimum absolute atomic E-state index is 0.00222. The summed E-state index contributed by atoms with van der Waals surface area (Å²) in [7, 11) is -4.20. The minimum atomic E-state index is -4.20. The molecule has 0 spiro atoms. The second-order valence-electron chi connectivity index (χ2n) is 12.3. The van der Waals surface area contributed by atoms with Crippen LogP contribution in [0.4, 0.5) is 5.69 Å². The molecule has 236 valence electrons. The quantitative estimate of drug-likeness (QED) is 0.197. The van der Waals surface area contributed by atoms with Gasteiger partial charge in [0, 0.05) is 23.5 Å². The van der Waals surface area contributed by atoms with Crippen molar-refractivity contribution in [3.8, 4) is 0 Å². The van der Waals surface area contributed by atoms with E-state index in [9.17, 15) is 18.0 Å². The summed E-state index contributed by atoms with van der Waals surface area (Å²) in [5.41, 5.74) is 3.36. The van der Waals surface area contributed by atoms with E-state index in [0.717, 1.165) is 26.6 Å². The number of nitrogens with one attached hydrogen (secondary N) is 1. The van der Waals surface area contributed by atoms with Crippen LogP contribution >= 0.6 is 11.6 Å². The standard InChI is InChI=1S/C36H40ClN3O4S/c1-26-14-16-29(17-15-26)24-39(33(35(42)38-36(3,4)5)23-28-11-7-6-8-12-28)34(41)25-40(31-13-9-10-27(2)22-31)45(43,44)32-20-18-30(37)19-21-32/h6-22,33H,23-25H2,1-5H3,(H,38,42)/t33-/m0/s1. The summed E-state index contributed by atoms with van der Waals surface area (Å²) in [6.07, 6.45) is 0.245. The van der Waals surface area contributed by atoms with Crippen LogP contribution < -0.4 is 9.62 Å². The molecular weight excluding hydrogens is 606 g/mol. The van der Waals surface area contributed by atoms with E-state index in [2.05, 4.69) is 5.32 Å². The van der Waals surface area contributed by atoms with Gasteiger partial charge in [0.1, 0.15) is 12.6 Å². The van der Waals surface area contributed by atoms with Crippen molar-refractivity contribution < 1.29 is 18.0 Å². The monoisotopic (exact) mass is 645 g/mol. The van der Waals surface area contributed by atoms with Gasteiger partial charge in [0.15, 0.2) is 0 Å². The zero-order chi connectivity index (χ0) is 32.8. The third-order valence-electron chi connectivity index (χ3n) is 7.21. The second-order valence-corrected chi connectivity index (χ2v) is 14.6. The van der Waals surface area contributed by atoms with Crippen LogP contribution in [-0.4, -0.2) is 43.3 Å². The molecule has 4 rings (SSSR count). The fourth-order valence-electron chi connectivity index (χ4n) is 4.94. The smallest absolute Gasteiger partial charge is 0.264 e. The summed E-state index contributed by atoms with van der Waals surface area (Å²) < 4.78 is 29.4. The van der Waals surface area contributed by atoms with Crippen LogP contribution in [0.25, 0.3) is 0 Å². The van der Waals surface area contributed by atoms with Crippen LogP contribution in [-0.2, 0) is 32.6 Å². The molecule has 0 saturated heterocycles. The maximum Gasteiger partial charge on any atom is 0.264 e. The topological polar surface area (TPSA) is 86.8 Å². The molecule has 0 aliphatic rings. The molecule has 0 aromatic heterocycles. The Balaban J connectivity index is 1.81. The van der Waals surface area contributed by atoms with Crippen LogP contribution in [0.1, 0.15) is 43.0 Å². The first kappa shape index (κ1) is 33.7. The predicted octanol–water partition coefficient (Wildman–Crippen LogP) is 6.71. The Bertz CT molecular complexity index is 1720. The number of benzene rings is 4. The lowest BCUT2D eigenvalue weighted by Gasteiger charge is -2.35. The lowest BCUT2D eigenvalue weighted by Crippen LogP contribution is -2.56. The highest BCUT2D eigenvalue weighted by Crippen LogP contribution is 2.27. The average molecular weight is 646 g/mol. The van der Waals surface area contributed by atoms with Gasteiger partial charge in [-0.05, 0) is 87.7 Å². The van der Waals surface area contributed by atoms with Crippen molar-refractivity contribution >= 4 is 39.1 Å². The van der Waals surface area contributed by atoms with E-state index in [1.807, 2.05) is 95.3 Å². The zero-order valence-electron chi connectivity index (χ0n) is 26.3. The molecule has 7 nitrogen and oxygen atoms in total. The van der Waals surface area contributed by atoms with Gasteiger partial charge in [0.05, 0.1) is 10.6 Å². The Morgan fingerprint density at radius 1 is 0.800 bits per heavy atom. The molecule has 9 heteroatoms. The molecule has 0 radical (unpaired) electrons. The van der Waals surface area contributed by atoms with Gasteiger partial charge in [-0.2, -0.15) is 0 Å². The number of anilines is 1. The highest BCUT2D eigenvalue weighted by atomic mass is 35.5. The van der Waals surface area contributed by atoms with Crippen molar-refractivity contribution in [3.05, 3.63) is 130 Å². The third-order valence-corrected chi connectivity index (χ3v) is 9.25. The Labute approximate surface area is 271 Å². The van der Waals surface area contributed by atoms with Gasteiger partial charge in [0.2, 0.25) is 11.8 Å². The molecule has 0 unspecified atom stereocenters. The number of halogens is 1. The summed E-state index contributed by atoms with van der Waals surface area (Å²) in [6.45, 7) is 9.07. The van der Waals surface area contributed by atoms with E-state index in [1.54, 1.807) is 18.2 Å². The first-order valence-corrected chi connectivity index (χ1v) is 16.6. The Morgan fingerprint density at radius 2 is 1.44 bits per heavy atom. The molecule has 0 bridgehead atoms. The molecule has 45 heavy (non-hydrogen) atoms. The molecule has 1 atom stereocenters. The highest BCUT2D eigenvalue weighted by Gasteiger charge is 2.35. The lowest BCUT2D eigenvalue weighted by molar-refractivity contribution is -0.140. The molecule has 0 aliphatic carbocycles. The minimum Gasteiger partial charge on any atom is -0.350 e. The Hall–Kier alpha value is -4.14. The predicted molar refractivity (Wildman–Crippen MR) is 181 cm³/mol. The summed E-state index contributed by atoms with van der Waals surface area (Å²) >= 11 is 6.06. The second kappa shape index (κ2) is 14.3. The number of nitrogens with zero attached hydrogens (tertiary/aromatic N) is 2. The van der Waals surface area contributed by atoms with Crippen molar-refractivity contribution in [3.63, 3.8) is 0 Å². The number of carbonyl (C=O) groups excluding carboxylic acids is 2. The number of sulfonamides is 1. The molecular formula is C36H40ClN3O4S. The molecule has 1 N–H and O–H groups in total. The van der Waals surface area contributed by atoms with Gasteiger partial charge in [-0.1, -0.05) is 83.9 Å². The highest BCUT2D eigenvalue weighted by molar-refractivity contribution is 7.92. The van der Waals surface area contributed by atoms with Crippen LogP contribution in [0.15, 0.2) is 108 Å². The first-order chi connectivity index (χ1) is 21.2. The molecule has 0 saturated carbocycles. The van der Waals surface area contributed by atoms with Crippen molar-refractivity contribution in [1.29, 1.82) is 0 Å². The van der Waals surface area contributed by atoms with Crippen LogP contribution in [0.5, 0.6) is 0 Å².